The Morgan fingerprint density at radius 2 is 1.43 bits per heavy atom. The Balaban J connectivity index is 1.38. The monoisotopic (exact) mass is 513 g/mol. The van der Waals surface area contributed by atoms with Crippen molar-refractivity contribution in [1.82, 2.24) is 0 Å². The highest BCUT2D eigenvalue weighted by molar-refractivity contribution is 6.30. The summed E-state index contributed by atoms with van der Waals surface area (Å²) >= 11 is 5.94. The Hall–Kier alpha value is -4.62. The van der Waals surface area contributed by atoms with Crippen molar-refractivity contribution in [2.75, 3.05) is 11.9 Å². The first-order valence-corrected chi connectivity index (χ1v) is 11.6. The second kappa shape index (κ2) is 12.4. The van der Waals surface area contributed by atoms with Crippen LogP contribution in [0.15, 0.2) is 113 Å². The number of anilines is 1. The zero-order chi connectivity index (χ0) is 26.0. The summed E-state index contributed by atoms with van der Waals surface area (Å²) in [5.41, 5.74) is 3.16. The summed E-state index contributed by atoms with van der Waals surface area (Å²) in [5.74, 6) is -1.68. The quantitative estimate of drug-likeness (QED) is 0.114. The number of amides is 1. The molecule has 0 aliphatic carbocycles. The average molecular weight is 514 g/mol. The predicted molar refractivity (Wildman–Crippen MR) is 142 cm³/mol. The minimum Gasteiger partial charge on any atom is -0.452 e. The highest BCUT2D eigenvalue weighted by Crippen LogP contribution is 2.23. The van der Waals surface area contributed by atoms with Crippen molar-refractivity contribution in [1.29, 1.82) is 0 Å². The van der Waals surface area contributed by atoms with Crippen LogP contribution in [-0.4, -0.2) is 18.5 Å². The summed E-state index contributed by atoms with van der Waals surface area (Å²) in [5, 5.41) is 11.5. The summed E-state index contributed by atoms with van der Waals surface area (Å²) < 4.78 is 18.7. The molecule has 1 N–H and O–H groups in total. The number of rotatable bonds is 8. The van der Waals surface area contributed by atoms with Crippen molar-refractivity contribution in [3.63, 3.8) is 0 Å². The minimum absolute atomic E-state index is 0.170. The second-order valence-electron chi connectivity index (χ2n) is 7.82. The van der Waals surface area contributed by atoms with Crippen molar-refractivity contribution < 1.29 is 18.7 Å². The molecule has 0 unspecified atom stereocenters. The second-order valence-corrected chi connectivity index (χ2v) is 8.26. The number of nitrogens with zero attached hydrogens (tertiary/aromatic N) is 2. The molecule has 4 rings (SSSR count). The largest absolute Gasteiger partial charge is 0.452 e. The molecular formula is C29H21ClFN3O3. The van der Waals surface area contributed by atoms with Gasteiger partial charge in [-0.15, -0.1) is 0 Å². The summed E-state index contributed by atoms with van der Waals surface area (Å²) in [7, 11) is 0. The smallest absolute Gasteiger partial charge is 0.339 e. The molecule has 184 valence electrons. The predicted octanol–water partition coefficient (Wildman–Crippen LogP) is 7.62. The number of hydrogen-bond acceptors (Lipinski definition) is 5. The van der Waals surface area contributed by atoms with E-state index in [1.807, 2.05) is 30.3 Å². The molecule has 1 amide bonds. The fourth-order valence-corrected chi connectivity index (χ4v) is 3.37. The highest BCUT2D eigenvalue weighted by atomic mass is 35.5. The van der Waals surface area contributed by atoms with E-state index in [1.165, 1.54) is 24.3 Å². The van der Waals surface area contributed by atoms with Crippen LogP contribution in [0.2, 0.25) is 5.02 Å². The molecule has 0 saturated carbocycles. The zero-order valence-electron chi connectivity index (χ0n) is 19.5. The van der Waals surface area contributed by atoms with Crippen LogP contribution in [0.3, 0.4) is 0 Å². The SMILES string of the molecule is O=C(COC(=O)/C(=C/c1ccc(Cl)cc1)c1ccc(F)cc1)Nc1ccc(N=Nc2ccccc2)cc1. The standard InChI is InChI=1S/C29H21ClFN3O3/c30-22-10-6-20(7-11-22)18-27(21-8-12-23(31)13-9-21)29(36)37-19-28(35)32-24-14-16-26(17-15-24)34-33-25-4-2-1-3-5-25/h1-18H,19H2,(H,32,35)/b27-18+,34-33?. The molecule has 4 aromatic carbocycles. The van der Waals surface area contributed by atoms with E-state index in [1.54, 1.807) is 54.6 Å². The summed E-state index contributed by atoms with van der Waals surface area (Å²) in [4.78, 5) is 25.3. The lowest BCUT2D eigenvalue weighted by Crippen LogP contribution is -2.21. The number of carbonyl (C=O) groups is 2. The molecule has 0 aromatic heterocycles. The van der Waals surface area contributed by atoms with Gasteiger partial charge >= 0.3 is 5.97 Å². The molecule has 0 aliphatic heterocycles. The Kier molecular flexibility index (Phi) is 8.52. The summed E-state index contributed by atoms with van der Waals surface area (Å²) in [6.07, 6.45) is 1.59. The van der Waals surface area contributed by atoms with Crippen LogP contribution < -0.4 is 5.32 Å². The molecule has 0 fully saturated rings. The van der Waals surface area contributed by atoms with Crippen LogP contribution in [-0.2, 0) is 14.3 Å². The van der Waals surface area contributed by atoms with Gasteiger partial charge in [-0.05, 0) is 77.9 Å². The van der Waals surface area contributed by atoms with E-state index in [9.17, 15) is 14.0 Å². The highest BCUT2D eigenvalue weighted by Gasteiger charge is 2.16. The maximum Gasteiger partial charge on any atom is 0.339 e. The summed E-state index contributed by atoms with van der Waals surface area (Å²) in [6.45, 7) is -0.506. The Labute approximate surface area is 218 Å². The lowest BCUT2D eigenvalue weighted by Gasteiger charge is -2.10. The van der Waals surface area contributed by atoms with Gasteiger partial charge in [0.25, 0.3) is 5.91 Å². The molecule has 0 saturated heterocycles. The van der Waals surface area contributed by atoms with Crippen LogP contribution in [0.25, 0.3) is 11.6 Å². The lowest BCUT2D eigenvalue weighted by molar-refractivity contribution is -0.141. The number of esters is 1. The van der Waals surface area contributed by atoms with E-state index in [2.05, 4.69) is 15.5 Å². The van der Waals surface area contributed by atoms with Gasteiger partial charge in [0.1, 0.15) is 5.82 Å². The van der Waals surface area contributed by atoms with Crippen LogP contribution >= 0.6 is 11.6 Å². The van der Waals surface area contributed by atoms with Crippen LogP contribution in [0.1, 0.15) is 11.1 Å². The van der Waals surface area contributed by atoms with Gasteiger partial charge in [0.15, 0.2) is 6.61 Å². The van der Waals surface area contributed by atoms with Gasteiger partial charge in [-0.3, -0.25) is 4.79 Å². The van der Waals surface area contributed by atoms with Gasteiger partial charge in [-0.25, -0.2) is 9.18 Å². The molecule has 0 heterocycles. The average Bonchev–Trinajstić information content (AvgIpc) is 2.92. The number of benzene rings is 4. The molecule has 0 radical (unpaired) electrons. The maximum atomic E-state index is 13.4. The molecule has 0 spiro atoms. The molecule has 0 aliphatic rings. The van der Waals surface area contributed by atoms with Crippen molar-refractivity contribution in [3.8, 4) is 0 Å². The molecular weight excluding hydrogens is 493 g/mol. The van der Waals surface area contributed by atoms with E-state index in [0.29, 0.717) is 27.5 Å². The molecule has 37 heavy (non-hydrogen) atoms. The lowest BCUT2D eigenvalue weighted by atomic mass is 10.0. The number of halogens is 2. The van der Waals surface area contributed by atoms with Gasteiger partial charge in [0.2, 0.25) is 0 Å². The minimum atomic E-state index is -0.728. The van der Waals surface area contributed by atoms with E-state index in [4.69, 9.17) is 16.3 Å². The van der Waals surface area contributed by atoms with Gasteiger partial charge in [0.05, 0.1) is 16.9 Å². The van der Waals surface area contributed by atoms with E-state index < -0.39 is 24.3 Å². The van der Waals surface area contributed by atoms with Crippen molar-refractivity contribution in [3.05, 3.63) is 125 Å². The van der Waals surface area contributed by atoms with E-state index in [-0.39, 0.29) is 5.57 Å². The molecule has 4 aromatic rings. The Bertz CT molecular complexity index is 1420. The van der Waals surface area contributed by atoms with Gasteiger partial charge in [-0.2, -0.15) is 10.2 Å². The molecule has 0 atom stereocenters. The fourth-order valence-electron chi connectivity index (χ4n) is 3.24. The number of azo groups is 1. The number of nitrogens with one attached hydrogen (secondary N) is 1. The van der Waals surface area contributed by atoms with E-state index in [0.717, 1.165) is 5.69 Å². The van der Waals surface area contributed by atoms with Gasteiger partial charge in [-0.1, -0.05) is 54.1 Å². The van der Waals surface area contributed by atoms with Crippen LogP contribution in [0.4, 0.5) is 21.5 Å². The van der Waals surface area contributed by atoms with Crippen LogP contribution in [0.5, 0.6) is 0 Å². The molecule has 0 bridgehead atoms. The summed E-state index contributed by atoms with van der Waals surface area (Å²) in [6, 6.07) is 28.3. The first kappa shape index (κ1) is 25.5. The molecule has 8 heteroatoms. The fraction of sp³-hybridized carbons (Fsp3) is 0.0345. The Morgan fingerprint density at radius 3 is 2.08 bits per heavy atom. The number of ether oxygens (including phenoxy) is 1. The topological polar surface area (TPSA) is 80.1 Å². The van der Waals surface area contributed by atoms with Gasteiger partial charge < -0.3 is 10.1 Å². The first-order chi connectivity index (χ1) is 18.0. The van der Waals surface area contributed by atoms with Crippen molar-refractivity contribution in [2.24, 2.45) is 10.2 Å². The third kappa shape index (κ3) is 7.68. The zero-order valence-corrected chi connectivity index (χ0v) is 20.2. The first-order valence-electron chi connectivity index (χ1n) is 11.2. The van der Waals surface area contributed by atoms with Crippen LogP contribution in [0, 0.1) is 5.82 Å². The van der Waals surface area contributed by atoms with Crippen molar-refractivity contribution >= 4 is 52.2 Å². The Morgan fingerprint density at radius 1 is 0.811 bits per heavy atom. The van der Waals surface area contributed by atoms with Gasteiger partial charge in [0, 0.05) is 10.7 Å². The third-order valence-corrected chi connectivity index (χ3v) is 5.33. The van der Waals surface area contributed by atoms with Crippen molar-refractivity contribution in [2.45, 2.75) is 0 Å². The number of carbonyl (C=O) groups excluding carboxylic acids is 2. The normalized spacial score (nSPS) is 11.4. The van der Waals surface area contributed by atoms with E-state index >= 15 is 0 Å². The maximum absolute atomic E-state index is 13.4. The number of hydrogen-bond donors (Lipinski definition) is 1. The third-order valence-electron chi connectivity index (χ3n) is 5.08. The molecule has 6 nitrogen and oxygen atoms in total.